The lowest BCUT2D eigenvalue weighted by Crippen LogP contribution is -2.54. The number of hydrogen-bond donors (Lipinski definition) is 8. The third-order valence-corrected chi connectivity index (χ3v) is 5.34. The van der Waals surface area contributed by atoms with Crippen LogP contribution in [-0.2, 0) is 32.0 Å². The van der Waals surface area contributed by atoms with Crippen molar-refractivity contribution in [1.82, 2.24) is 16.0 Å². The Morgan fingerprint density at radius 3 is 1.80 bits per heavy atom. The second-order valence-corrected chi connectivity index (χ2v) is 8.13. The van der Waals surface area contributed by atoms with Crippen LogP contribution in [0.1, 0.15) is 11.1 Å². The van der Waals surface area contributed by atoms with E-state index in [1.807, 2.05) is 0 Å². The van der Waals surface area contributed by atoms with Crippen molar-refractivity contribution >= 4 is 36.3 Å². The van der Waals surface area contributed by atoms with Crippen LogP contribution < -0.4 is 21.7 Å². The Labute approximate surface area is 207 Å². The molecule has 0 saturated carbocycles. The standard InChI is InChI=1S/C23H28N4O7S/c24-17(9-13-1-5-15(28)6-2-13)21(31)27-18(10-14-3-7-16(29)8-4-14)22(32)25-11-20(30)26-19(12-35)23(33)34/h1-8,17-19,28-29,35H,9-12,24H2,(H,25,32)(H,26,30)(H,27,31)(H,33,34). The molecular weight excluding hydrogens is 476 g/mol. The smallest absolute Gasteiger partial charge is 0.327 e. The summed E-state index contributed by atoms with van der Waals surface area (Å²) in [5.41, 5.74) is 7.34. The van der Waals surface area contributed by atoms with Gasteiger partial charge in [-0.2, -0.15) is 12.6 Å². The molecule has 3 unspecified atom stereocenters. The Hall–Kier alpha value is -3.77. The number of carbonyl (C=O) groups is 4. The maximum absolute atomic E-state index is 12.8. The predicted octanol–water partition coefficient (Wildman–Crippen LogP) is -0.689. The SMILES string of the molecule is NC(Cc1ccc(O)cc1)C(=O)NC(Cc1ccc(O)cc1)C(=O)NCC(=O)NC(CS)C(=O)O. The highest BCUT2D eigenvalue weighted by Crippen LogP contribution is 2.13. The molecule has 3 atom stereocenters. The molecule has 0 heterocycles. The molecule has 0 saturated heterocycles. The molecule has 0 spiro atoms. The highest BCUT2D eigenvalue weighted by atomic mass is 32.1. The Morgan fingerprint density at radius 1 is 0.800 bits per heavy atom. The number of carbonyl (C=O) groups excluding carboxylic acids is 3. The van der Waals surface area contributed by atoms with E-state index in [1.54, 1.807) is 24.3 Å². The number of thiol groups is 1. The molecular formula is C23H28N4O7S. The first-order chi connectivity index (χ1) is 16.6. The number of benzene rings is 2. The topological polar surface area (TPSA) is 191 Å². The van der Waals surface area contributed by atoms with Crippen molar-refractivity contribution < 1.29 is 34.5 Å². The van der Waals surface area contributed by atoms with Gasteiger partial charge in [0, 0.05) is 12.2 Å². The van der Waals surface area contributed by atoms with Gasteiger partial charge in [-0.1, -0.05) is 24.3 Å². The van der Waals surface area contributed by atoms with Crippen molar-refractivity contribution in [2.45, 2.75) is 31.0 Å². The summed E-state index contributed by atoms with van der Waals surface area (Å²) in [6, 6.07) is 8.88. The Balaban J connectivity index is 2.05. The van der Waals surface area contributed by atoms with E-state index >= 15 is 0 Å². The number of aromatic hydroxyl groups is 2. The summed E-state index contributed by atoms with van der Waals surface area (Å²) in [6.07, 6.45) is 0.197. The number of carboxylic acids is 1. The molecule has 2 aromatic carbocycles. The van der Waals surface area contributed by atoms with Gasteiger partial charge in [0.25, 0.3) is 0 Å². The number of rotatable bonds is 12. The number of carboxylic acid groups (broad SMARTS) is 1. The largest absolute Gasteiger partial charge is 0.508 e. The predicted molar refractivity (Wildman–Crippen MR) is 130 cm³/mol. The molecule has 0 radical (unpaired) electrons. The van der Waals surface area contributed by atoms with Gasteiger partial charge in [0.1, 0.15) is 23.6 Å². The fourth-order valence-corrected chi connectivity index (χ4v) is 3.30. The fraction of sp³-hybridized carbons (Fsp3) is 0.304. The molecule has 188 valence electrons. The van der Waals surface area contributed by atoms with Gasteiger partial charge in [0.15, 0.2) is 0 Å². The van der Waals surface area contributed by atoms with Crippen molar-refractivity contribution in [2.24, 2.45) is 5.73 Å². The number of amides is 3. The third kappa shape index (κ3) is 9.18. The number of hydrogen-bond acceptors (Lipinski definition) is 8. The van der Waals surface area contributed by atoms with Crippen LogP contribution in [0.15, 0.2) is 48.5 Å². The van der Waals surface area contributed by atoms with Crippen molar-refractivity contribution in [3.63, 3.8) is 0 Å². The molecule has 2 aromatic rings. The van der Waals surface area contributed by atoms with Crippen LogP contribution in [0.2, 0.25) is 0 Å². The van der Waals surface area contributed by atoms with E-state index in [1.165, 1.54) is 24.3 Å². The second-order valence-electron chi connectivity index (χ2n) is 7.77. The molecule has 2 rings (SSSR count). The summed E-state index contributed by atoms with van der Waals surface area (Å²) in [7, 11) is 0. The number of phenols is 2. The van der Waals surface area contributed by atoms with Gasteiger partial charge in [0.2, 0.25) is 17.7 Å². The summed E-state index contributed by atoms with van der Waals surface area (Å²) in [5, 5.41) is 35.0. The van der Waals surface area contributed by atoms with E-state index in [9.17, 15) is 29.4 Å². The van der Waals surface area contributed by atoms with Crippen LogP contribution in [0, 0.1) is 0 Å². The zero-order valence-corrected chi connectivity index (χ0v) is 19.6. The summed E-state index contributed by atoms with van der Waals surface area (Å²) >= 11 is 3.86. The lowest BCUT2D eigenvalue weighted by Gasteiger charge is -2.21. The normalized spacial score (nSPS) is 13.2. The summed E-state index contributed by atoms with van der Waals surface area (Å²) in [4.78, 5) is 48.6. The van der Waals surface area contributed by atoms with Crippen LogP contribution in [0.25, 0.3) is 0 Å². The molecule has 12 heteroatoms. The van der Waals surface area contributed by atoms with Crippen LogP contribution in [0.3, 0.4) is 0 Å². The Morgan fingerprint density at radius 2 is 1.31 bits per heavy atom. The molecule has 3 amide bonds. The summed E-state index contributed by atoms with van der Waals surface area (Å²) in [5.74, 6) is -3.32. The van der Waals surface area contributed by atoms with Crippen molar-refractivity contribution in [2.75, 3.05) is 12.3 Å². The van der Waals surface area contributed by atoms with Crippen LogP contribution >= 0.6 is 12.6 Å². The Bertz CT molecular complexity index is 1030. The van der Waals surface area contributed by atoms with E-state index in [4.69, 9.17) is 10.8 Å². The van der Waals surface area contributed by atoms with Gasteiger partial charge >= 0.3 is 5.97 Å². The summed E-state index contributed by atoms with van der Waals surface area (Å²) in [6.45, 7) is -0.516. The van der Waals surface area contributed by atoms with Crippen molar-refractivity contribution in [1.29, 1.82) is 0 Å². The van der Waals surface area contributed by atoms with E-state index in [-0.39, 0.29) is 30.1 Å². The maximum atomic E-state index is 12.8. The minimum absolute atomic E-state index is 0.0311. The minimum Gasteiger partial charge on any atom is -0.508 e. The van der Waals surface area contributed by atoms with Gasteiger partial charge < -0.3 is 37.0 Å². The molecule has 0 aliphatic rings. The van der Waals surface area contributed by atoms with Gasteiger partial charge in [0.05, 0.1) is 12.6 Å². The number of nitrogens with two attached hydrogens (primary N) is 1. The highest BCUT2D eigenvalue weighted by molar-refractivity contribution is 7.80. The zero-order chi connectivity index (χ0) is 26.0. The molecule has 8 N–H and O–H groups in total. The Kier molecular flexibility index (Phi) is 10.4. The minimum atomic E-state index is -1.26. The highest BCUT2D eigenvalue weighted by Gasteiger charge is 2.25. The fourth-order valence-electron chi connectivity index (χ4n) is 3.06. The van der Waals surface area contributed by atoms with Crippen molar-refractivity contribution in [3.05, 3.63) is 59.7 Å². The first-order valence-electron chi connectivity index (χ1n) is 10.6. The number of phenolic OH excluding ortho intramolecular Hbond substituents is 2. The average molecular weight is 505 g/mol. The van der Waals surface area contributed by atoms with E-state index in [0.717, 1.165) is 0 Å². The lowest BCUT2D eigenvalue weighted by molar-refractivity contribution is -0.141. The molecule has 0 fully saturated rings. The first-order valence-corrected chi connectivity index (χ1v) is 11.2. The van der Waals surface area contributed by atoms with Crippen LogP contribution in [0.4, 0.5) is 0 Å². The third-order valence-electron chi connectivity index (χ3n) is 4.98. The monoisotopic (exact) mass is 504 g/mol. The summed E-state index contributed by atoms with van der Waals surface area (Å²) < 4.78 is 0. The lowest BCUT2D eigenvalue weighted by atomic mass is 10.0. The molecule has 0 bridgehead atoms. The second kappa shape index (κ2) is 13.2. The van der Waals surface area contributed by atoms with Crippen molar-refractivity contribution in [3.8, 4) is 11.5 Å². The van der Waals surface area contributed by atoms with Crippen LogP contribution in [0.5, 0.6) is 11.5 Å². The average Bonchev–Trinajstić information content (AvgIpc) is 2.83. The van der Waals surface area contributed by atoms with Gasteiger partial charge in [-0.05, 0) is 41.8 Å². The molecule has 35 heavy (non-hydrogen) atoms. The van der Waals surface area contributed by atoms with Gasteiger partial charge in [-0.15, -0.1) is 0 Å². The molecule has 0 aliphatic heterocycles. The quantitative estimate of drug-likeness (QED) is 0.174. The number of aliphatic carboxylic acids is 1. The molecule has 11 nitrogen and oxygen atoms in total. The van der Waals surface area contributed by atoms with Gasteiger partial charge in [-0.3, -0.25) is 14.4 Å². The van der Waals surface area contributed by atoms with E-state index in [0.29, 0.717) is 11.1 Å². The van der Waals surface area contributed by atoms with E-state index < -0.39 is 48.4 Å². The van der Waals surface area contributed by atoms with Crippen LogP contribution in [-0.4, -0.2) is 69.4 Å². The number of nitrogens with one attached hydrogen (secondary N) is 3. The molecule has 0 aliphatic carbocycles. The first kappa shape index (κ1) is 27.5. The maximum Gasteiger partial charge on any atom is 0.327 e. The van der Waals surface area contributed by atoms with E-state index in [2.05, 4.69) is 28.6 Å². The molecule has 0 aromatic heterocycles. The van der Waals surface area contributed by atoms with Gasteiger partial charge in [-0.25, -0.2) is 4.79 Å². The zero-order valence-electron chi connectivity index (χ0n) is 18.7.